The number of likely N-dealkylation sites (tertiary alicyclic amines) is 1. The highest BCUT2D eigenvalue weighted by Crippen LogP contribution is 2.52. The molecule has 1 aliphatic heterocycles. The number of nitrogens with zero attached hydrogens (tertiary/aromatic N) is 1. The number of sulfonamides is 1. The number of fused-ring (bicyclic) bond motifs is 1. The number of nitrogens with one attached hydrogen (secondary N) is 1. The number of hydrogen-bond donors (Lipinski definition) is 1. The molecule has 246 valence electrons. The van der Waals surface area contributed by atoms with Gasteiger partial charge in [-0.25, -0.2) is 8.42 Å². The van der Waals surface area contributed by atoms with Crippen molar-refractivity contribution in [2.24, 2.45) is 5.41 Å². The number of ether oxygens (including phenoxy) is 1. The average molecular weight is 679 g/mol. The molecule has 0 unspecified atom stereocenters. The van der Waals surface area contributed by atoms with Crippen LogP contribution in [0.4, 0.5) is 8.78 Å². The lowest BCUT2D eigenvalue weighted by Crippen LogP contribution is -2.57. The molecule has 0 bridgehead atoms. The van der Waals surface area contributed by atoms with Crippen molar-refractivity contribution in [3.8, 4) is 16.9 Å². The number of rotatable bonds is 9. The maximum atomic E-state index is 16.5. The second-order valence-electron chi connectivity index (χ2n) is 13.3. The molecule has 0 radical (unpaired) electrons. The number of carbonyl (C=O) groups excluding carboxylic acids is 1. The van der Waals surface area contributed by atoms with Gasteiger partial charge in [0.2, 0.25) is 15.9 Å². The average Bonchev–Trinajstić information content (AvgIpc) is 3.60. The lowest BCUT2D eigenvalue weighted by molar-refractivity contribution is -0.146. The standard InChI is InChI=1S/C37H37ClF2N2O4S/c38-30-14-8-26(9-15-30)25-6-12-29(13-7-25)37(39,40)34(35(43)42-21-3-18-36(24-42)19-20-36)41-47(44,45)33-17-11-27-22-32(16-10-28(27)23-33)46-31-4-1-2-5-31/h6-17,22-23,31,34,41H,1-5,18-21,24H2/t34-/m0/s1. The molecule has 0 aromatic heterocycles. The van der Waals surface area contributed by atoms with E-state index in [2.05, 4.69) is 4.72 Å². The van der Waals surface area contributed by atoms with Crippen LogP contribution in [0.2, 0.25) is 5.02 Å². The largest absolute Gasteiger partial charge is 0.490 e. The van der Waals surface area contributed by atoms with E-state index < -0.39 is 33.5 Å². The topological polar surface area (TPSA) is 75.7 Å². The number of amides is 1. The van der Waals surface area contributed by atoms with E-state index in [1.807, 2.05) is 6.07 Å². The van der Waals surface area contributed by atoms with Gasteiger partial charge in [0, 0.05) is 23.7 Å². The molecule has 1 amide bonds. The summed E-state index contributed by atoms with van der Waals surface area (Å²) in [7, 11) is -4.54. The third-order valence-corrected chi connectivity index (χ3v) is 11.6. The number of hydrogen-bond acceptors (Lipinski definition) is 4. The highest BCUT2D eigenvalue weighted by atomic mass is 35.5. The Bertz CT molecular complexity index is 1890. The first-order valence-electron chi connectivity index (χ1n) is 16.3. The van der Waals surface area contributed by atoms with Crippen LogP contribution in [0, 0.1) is 5.41 Å². The zero-order valence-corrected chi connectivity index (χ0v) is 27.5. The molecule has 1 spiro atoms. The summed E-state index contributed by atoms with van der Waals surface area (Å²) in [6.07, 6.45) is 8.01. The first kappa shape index (κ1) is 32.0. The van der Waals surface area contributed by atoms with Crippen molar-refractivity contribution in [2.45, 2.75) is 74.3 Å². The third-order valence-electron chi connectivity index (χ3n) is 9.96. The van der Waals surface area contributed by atoms with Crippen LogP contribution >= 0.6 is 11.6 Å². The number of piperidine rings is 1. The molecule has 1 heterocycles. The number of carbonyl (C=O) groups is 1. The summed E-state index contributed by atoms with van der Waals surface area (Å²) in [4.78, 5) is 15.2. The van der Waals surface area contributed by atoms with Crippen LogP contribution in [0.5, 0.6) is 5.75 Å². The first-order chi connectivity index (χ1) is 22.5. The lowest BCUT2D eigenvalue weighted by Gasteiger charge is -2.37. The van der Waals surface area contributed by atoms with Gasteiger partial charge in [-0.1, -0.05) is 60.1 Å². The van der Waals surface area contributed by atoms with E-state index in [9.17, 15) is 13.2 Å². The molecule has 4 aromatic rings. The van der Waals surface area contributed by atoms with E-state index in [1.54, 1.807) is 42.5 Å². The van der Waals surface area contributed by atoms with Gasteiger partial charge in [-0.3, -0.25) is 4.79 Å². The SMILES string of the molecule is O=C([C@H](NS(=O)(=O)c1ccc2cc(OC3CCCC3)ccc2c1)C(F)(F)c1ccc(-c2ccc(Cl)cc2)cc1)N1CCCC2(CC2)C1. The van der Waals surface area contributed by atoms with Crippen LogP contribution in [0.25, 0.3) is 21.9 Å². The minimum absolute atomic E-state index is 0.0362. The Morgan fingerprint density at radius 3 is 2.19 bits per heavy atom. The Hall–Kier alpha value is -3.53. The fourth-order valence-electron chi connectivity index (χ4n) is 7.00. The van der Waals surface area contributed by atoms with Gasteiger partial charge < -0.3 is 9.64 Å². The Kier molecular flexibility index (Phi) is 8.51. The molecular weight excluding hydrogens is 642 g/mol. The van der Waals surface area contributed by atoms with E-state index in [1.165, 1.54) is 41.3 Å². The first-order valence-corrected chi connectivity index (χ1v) is 18.1. The Balaban J connectivity index is 1.18. The highest BCUT2D eigenvalue weighted by molar-refractivity contribution is 7.89. The van der Waals surface area contributed by atoms with E-state index in [4.69, 9.17) is 16.3 Å². The Morgan fingerprint density at radius 2 is 1.51 bits per heavy atom. The Labute approximate surface area is 279 Å². The summed E-state index contributed by atoms with van der Waals surface area (Å²) >= 11 is 6.00. The van der Waals surface area contributed by atoms with Crippen LogP contribution in [-0.4, -0.2) is 44.5 Å². The maximum Gasteiger partial charge on any atom is 0.298 e. The molecule has 2 aliphatic carbocycles. The minimum Gasteiger partial charge on any atom is -0.490 e. The summed E-state index contributed by atoms with van der Waals surface area (Å²) in [6.45, 7) is 0.669. The van der Waals surface area contributed by atoms with E-state index >= 15 is 8.78 Å². The van der Waals surface area contributed by atoms with Gasteiger partial charge in [0.15, 0.2) is 6.04 Å². The van der Waals surface area contributed by atoms with E-state index in [0.717, 1.165) is 55.9 Å². The van der Waals surface area contributed by atoms with Crippen molar-refractivity contribution >= 4 is 38.3 Å². The molecule has 3 aliphatic rings. The monoisotopic (exact) mass is 678 g/mol. The molecule has 1 saturated heterocycles. The lowest BCUT2D eigenvalue weighted by atomic mass is 9.93. The summed E-state index contributed by atoms with van der Waals surface area (Å²) < 4.78 is 68.9. The minimum atomic E-state index is -4.54. The van der Waals surface area contributed by atoms with Crippen LogP contribution in [0.15, 0.2) is 89.8 Å². The number of benzene rings is 4. The fourth-order valence-corrected chi connectivity index (χ4v) is 8.35. The van der Waals surface area contributed by atoms with Crippen molar-refractivity contribution in [2.75, 3.05) is 13.1 Å². The molecule has 1 N–H and O–H groups in total. The molecule has 7 rings (SSSR count). The van der Waals surface area contributed by atoms with Crippen LogP contribution in [0.1, 0.15) is 56.9 Å². The number of halogens is 3. The zero-order chi connectivity index (χ0) is 32.8. The molecule has 4 aromatic carbocycles. The fraction of sp³-hybridized carbons (Fsp3) is 0.378. The molecule has 10 heteroatoms. The van der Waals surface area contributed by atoms with E-state index in [-0.39, 0.29) is 16.4 Å². The van der Waals surface area contributed by atoms with Gasteiger partial charge >= 0.3 is 0 Å². The summed E-state index contributed by atoms with van der Waals surface area (Å²) in [5.74, 6) is -4.05. The second kappa shape index (κ2) is 12.5. The maximum absolute atomic E-state index is 16.5. The smallest absolute Gasteiger partial charge is 0.298 e. The molecule has 3 fully saturated rings. The van der Waals surface area contributed by atoms with Crippen molar-refractivity contribution in [3.05, 3.63) is 95.5 Å². The van der Waals surface area contributed by atoms with Gasteiger partial charge in [0.1, 0.15) is 5.75 Å². The zero-order valence-electron chi connectivity index (χ0n) is 25.9. The number of alkyl halides is 2. The van der Waals surface area contributed by atoms with Gasteiger partial charge in [0.25, 0.3) is 5.92 Å². The van der Waals surface area contributed by atoms with Crippen molar-refractivity contribution < 1.29 is 26.7 Å². The second-order valence-corrected chi connectivity index (χ2v) is 15.5. The van der Waals surface area contributed by atoms with Gasteiger partial charge in [-0.15, -0.1) is 0 Å². The van der Waals surface area contributed by atoms with Crippen molar-refractivity contribution in [1.82, 2.24) is 9.62 Å². The molecular formula is C37H37ClF2N2O4S. The van der Waals surface area contributed by atoms with Crippen LogP contribution in [0.3, 0.4) is 0 Å². The molecule has 2 saturated carbocycles. The summed E-state index contributed by atoms with van der Waals surface area (Å²) in [5.41, 5.74) is 0.979. The van der Waals surface area contributed by atoms with Gasteiger partial charge in [-0.05, 0) is 115 Å². The third kappa shape index (κ3) is 6.76. The molecule has 1 atom stereocenters. The van der Waals surface area contributed by atoms with Gasteiger partial charge in [-0.2, -0.15) is 13.5 Å². The van der Waals surface area contributed by atoms with Crippen molar-refractivity contribution in [3.63, 3.8) is 0 Å². The Morgan fingerprint density at radius 1 is 0.872 bits per heavy atom. The van der Waals surface area contributed by atoms with E-state index in [0.29, 0.717) is 41.2 Å². The predicted molar refractivity (Wildman–Crippen MR) is 179 cm³/mol. The predicted octanol–water partition coefficient (Wildman–Crippen LogP) is 8.32. The van der Waals surface area contributed by atoms with Gasteiger partial charge in [0.05, 0.1) is 11.0 Å². The molecule has 47 heavy (non-hydrogen) atoms. The summed E-state index contributed by atoms with van der Waals surface area (Å²) in [6, 6.07) is 20.1. The van der Waals surface area contributed by atoms with Crippen LogP contribution in [-0.2, 0) is 20.7 Å². The van der Waals surface area contributed by atoms with Crippen LogP contribution < -0.4 is 9.46 Å². The normalized spacial score (nSPS) is 18.8. The highest BCUT2D eigenvalue weighted by Gasteiger charge is 2.53. The molecule has 6 nitrogen and oxygen atoms in total. The summed E-state index contributed by atoms with van der Waals surface area (Å²) in [5, 5.41) is 1.94. The van der Waals surface area contributed by atoms with Crippen molar-refractivity contribution in [1.29, 1.82) is 0 Å². The quantitative estimate of drug-likeness (QED) is 0.193.